The molecule has 0 radical (unpaired) electrons. The molecule has 0 fully saturated rings. The van der Waals surface area contributed by atoms with E-state index < -0.39 is 5.54 Å². The molecule has 78 valence electrons. The van der Waals surface area contributed by atoms with Crippen molar-refractivity contribution in [3.8, 4) is 0 Å². The molecule has 0 aliphatic carbocycles. The van der Waals surface area contributed by atoms with Crippen LogP contribution >= 0.6 is 0 Å². The van der Waals surface area contributed by atoms with Gasteiger partial charge in [-0.1, -0.05) is 30.3 Å². The van der Waals surface area contributed by atoms with Gasteiger partial charge < -0.3 is 5.73 Å². The molecule has 2 heteroatoms. The van der Waals surface area contributed by atoms with E-state index >= 15 is 0 Å². The molecule has 0 heterocycles. The zero-order chi connectivity index (χ0) is 11.1. The minimum atomic E-state index is -0.451. The smallest absolute Gasteiger partial charge is 0.131 e. The Morgan fingerprint density at radius 2 is 1.60 bits per heavy atom. The van der Waals surface area contributed by atoms with Gasteiger partial charge in [0.25, 0.3) is 0 Å². The van der Waals surface area contributed by atoms with E-state index in [0.717, 1.165) is 10.9 Å². The molecular weight excluding hydrogens is 189 g/mol. The monoisotopic (exact) mass is 203 g/mol. The fourth-order valence-corrected chi connectivity index (χ4v) is 1.83. The quantitative estimate of drug-likeness (QED) is 0.756. The van der Waals surface area contributed by atoms with Crippen molar-refractivity contribution in [3.63, 3.8) is 0 Å². The summed E-state index contributed by atoms with van der Waals surface area (Å²) in [6.07, 6.45) is 0. The van der Waals surface area contributed by atoms with Crippen LogP contribution in [0, 0.1) is 5.82 Å². The van der Waals surface area contributed by atoms with Crippen molar-refractivity contribution >= 4 is 10.8 Å². The third-order valence-corrected chi connectivity index (χ3v) is 2.56. The molecule has 0 unspecified atom stereocenters. The summed E-state index contributed by atoms with van der Waals surface area (Å²) in [5.41, 5.74) is 6.57. The van der Waals surface area contributed by atoms with Gasteiger partial charge in [0.05, 0.1) is 0 Å². The first-order chi connectivity index (χ1) is 7.00. The zero-order valence-electron chi connectivity index (χ0n) is 8.92. The van der Waals surface area contributed by atoms with E-state index in [1.165, 1.54) is 6.07 Å². The lowest BCUT2D eigenvalue weighted by molar-refractivity contribution is 0.559. The molecule has 0 amide bonds. The SMILES string of the molecule is CC(C)(N)c1cccc2c(F)cccc12. The number of benzene rings is 2. The van der Waals surface area contributed by atoms with Gasteiger partial charge in [-0.25, -0.2) is 4.39 Å². The Morgan fingerprint density at radius 1 is 1.00 bits per heavy atom. The van der Waals surface area contributed by atoms with Crippen LogP contribution in [0.1, 0.15) is 19.4 Å². The van der Waals surface area contributed by atoms with E-state index in [2.05, 4.69) is 0 Å². The van der Waals surface area contributed by atoms with Gasteiger partial charge in [0.15, 0.2) is 0 Å². The highest BCUT2D eigenvalue weighted by Gasteiger charge is 2.17. The maximum atomic E-state index is 13.5. The fraction of sp³-hybridized carbons (Fsp3) is 0.231. The van der Waals surface area contributed by atoms with Gasteiger partial charge in [-0.2, -0.15) is 0 Å². The number of halogens is 1. The third-order valence-electron chi connectivity index (χ3n) is 2.56. The Hall–Kier alpha value is -1.41. The highest BCUT2D eigenvalue weighted by molar-refractivity contribution is 5.87. The van der Waals surface area contributed by atoms with Gasteiger partial charge in [0.2, 0.25) is 0 Å². The van der Waals surface area contributed by atoms with Crippen molar-refractivity contribution in [3.05, 3.63) is 47.8 Å². The first kappa shape index (κ1) is 10.1. The molecule has 15 heavy (non-hydrogen) atoms. The minimum Gasteiger partial charge on any atom is -0.322 e. The van der Waals surface area contributed by atoms with Crippen LogP contribution in [0.3, 0.4) is 0 Å². The van der Waals surface area contributed by atoms with E-state index in [9.17, 15) is 4.39 Å². The van der Waals surface area contributed by atoms with E-state index in [-0.39, 0.29) is 5.82 Å². The van der Waals surface area contributed by atoms with Crippen LogP contribution in [0.5, 0.6) is 0 Å². The Balaban J connectivity index is 2.83. The summed E-state index contributed by atoms with van der Waals surface area (Å²) in [6, 6.07) is 10.7. The number of hydrogen-bond acceptors (Lipinski definition) is 1. The largest absolute Gasteiger partial charge is 0.322 e. The molecular formula is C13H14FN. The maximum absolute atomic E-state index is 13.5. The van der Waals surface area contributed by atoms with E-state index in [0.29, 0.717) is 5.39 Å². The number of hydrogen-bond donors (Lipinski definition) is 1. The first-order valence-corrected chi connectivity index (χ1v) is 4.97. The lowest BCUT2D eigenvalue weighted by Crippen LogP contribution is -2.28. The number of fused-ring (bicyclic) bond motifs is 1. The lowest BCUT2D eigenvalue weighted by Gasteiger charge is -2.21. The Morgan fingerprint density at radius 3 is 2.27 bits per heavy atom. The normalized spacial score (nSPS) is 12.0. The topological polar surface area (TPSA) is 26.0 Å². The molecule has 0 atom stereocenters. The second-order valence-corrected chi connectivity index (χ2v) is 4.36. The van der Waals surface area contributed by atoms with Crippen molar-refractivity contribution in [2.24, 2.45) is 5.73 Å². The summed E-state index contributed by atoms with van der Waals surface area (Å²) in [4.78, 5) is 0. The molecule has 1 nitrogen and oxygen atoms in total. The maximum Gasteiger partial charge on any atom is 0.131 e. The first-order valence-electron chi connectivity index (χ1n) is 4.97. The van der Waals surface area contributed by atoms with Gasteiger partial charge in [0, 0.05) is 10.9 Å². The summed E-state index contributed by atoms with van der Waals surface area (Å²) in [6.45, 7) is 3.85. The van der Waals surface area contributed by atoms with Crippen LogP contribution < -0.4 is 5.73 Å². The third kappa shape index (κ3) is 1.73. The molecule has 2 N–H and O–H groups in total. The van der Waals surface area contributed by atoms with Gasteiger partial charge in [-0.15, -0.1) is 0 Å². The Bertz CT molecular complexity index is 497. The molecule has 0 bridgehead atoms. The fourth-order valence-electron chi connectivity index (χ4n) is 1.83. The van der Waals surface area contributed by atoms with Crippen LogP contribution in [0.15, 0.2) is 36.4 Å². The summed E-state index contributed by atoms with van der Waals surface area (Å²) in [5, 5.41) is 1.53. The number of rotatable bonds is 1. The van der Waals surface area contributed by atoms with Crippen LogP contribution in [0.4, 0.5) is 4.39 Å². The van der Waals surface area contributed by atoms with Gasteiger partial charge in [0.1, 0.15) is 5.82 Å². The second-order valence-electron chi connectivity index (χ2n) is 4.36. The summed E-state index contributed by atoms with van der Waals surface area (Å²) >= 11 is 0. The standard InChI is InChI=1S/C13H14FN/c1-13(2,15)11-7-3-6-10-9(11)5-4-8-12(10)14/h3-8H,15H2,1-2H3. The highest BCUT2D eigenvalue weighted by atomic mass is 19.1. The van der Waals surface area contributed by atoms with Crippen molar-refractivity contribution in [1.82, 2.24) is 0 Å². The van der Waals surface area contributed by atoms with Gasteiger partial charge in [-0.05, 0) is 30.9 Å². The molecule has 0 aromatic heterocycles. The molecule has 2 aromatic carbocycles. The molecule has 0 saturated heterocycles. The van der Waals surface area contributed by atoms with E-state index in [1.807, 2.05) is 32.0 Å². The molecule has 2 aromatic rings. The molecule has 0 aliphatic rings. The van der Waals surface area contributed by atoms with Crippen molar-refractivity contribution in [1.29, 1.82) is 0 Å². The van der Waals surface area contributed by atoms with Crippen LogP contribution in [-0.2, 0) is 5.54 Å². The average Bonchev–Trinajstić information content (AvgIpc) is 2.16. The predicted molar refractivity (Wildman–Crippen MR) is 61.1 cm³/mol. The second kappa shape index (κ2) is 3.31. The summed E-state index contributed by atoms with van der Waals surface area (Å²) in [7, 11) is 0. The predicted octanol–water partition coefficient (Wildman–Crippen LogP) is 3.17. The minimum absolute atomic E-state index is 0.196. The molecule has 0 spiro atoms. The van der Waals surface area contributed by atoms with Crippen molar-refractivity contribution < 1.29 is 4.39 Å². The highest BCUT2D eigenvalue weighted by Crippen LogP contribution is 2.27. The summed E-state index contributed by atoms with van der Waals surface area (Å²) in [5.74, 6) is -0.196. The van der Waals surface area contributed by atoms with Gasteiger partial charge in [-0.3, -0.25) is 0 Å². The Labute approximate surface area is 88.7 Å². The van der Waals surface area contributed by atoms with Crippen LogP contribution in [-0.4, -0.2) is 0 Å². The zero-order valence-corrected chi connectivity index (χ0v) is 8.92. The van der Waals surface area contributed by atoms with E-state index in [4.69, 9.17) is 5.73 Å². The van der Waals surface area contributed by atoms with Crippen molar-refractivity contribution in [2.75, 3.05) is 0 Å². The molecule has 2 rings (SSSR count). The Kier molecular flexibility index (Phi) is 2.24. The van der Waals surface area contributed by atoms with Crippen LogP contribution in [0.2, 0.25) is 0 Å². The molecule has 0 saturated carbocycles. The molecule has 0 aliphatic heterocycles. The summed E-state index contributed by atoms with van der Waals surface area (Å²) < 4.78 is 13.5. The van der Waals surface area contributed by atoms with Crippen LogP contribution in [0.25, 0.3) is 10.8 Å². The van der Waals surface area contributed by atoms with Crippen molar-refractivity contribution in [2.45, 2.75) is 19.4 Å². The number of nitrogens with two attached hydrogens (primary N) is 1. The lowest BCUT2D eigenvalue weighted by atomic mass is 9.90. The van der Waals surface area contributed by atoms with E-state index in [1.54, 1.807) is 12.1 Å². The van der Waals surface area contributed by atoms with Gasteiger partial charge >= 0.3 is 0 Å². The average molecular weight is 203 g/mol.